The minimum atomic E-state index is -0.368. The van der Waals surface area contributed by atoms with Crippen LogP contribution in [0.4, 0.5) is 0 Å². The quantitative estimate of drug-likeness (QED) is 0.491. The van der Waals surface area contributed by atoms with Gasteiger partial charge in [-0.1, -0.05) is 0 Å². The van der Waals surface area contributed by atoms with Crippen LogP contribution in [0.1, 0.15) is 41.6 Å². The molecular formula is C15H24N4O2. The Kier molecular flexibility index (Phi) is 4.01. The van der Waals surface area contributed by atoms with Crippen LogP contribution in [-0.2, 0) is 6.54 Å². The van der Waals surface area contributed by atoms with E-state index < -0.39 is 0 Å². The maximum Gasteiger partial charge on any atom is 0.301 e. The summed E-state index contributed by atoms with van der Waals surface area (Å²) in [6, 6.07) is 3.14. The fraction of sp³-hybridized carbons (Fsp3) is 0.667. The van der Waals surface area contributed by atoms with Gasteiger partial charge in [0, 0.05) is 30.7 Å². The summed E-state index contributed by atoms with van der Waals surface area (Å²) in [4.78, 5) is 16.7. The summed E-state index contributed by atoms with van der Waals surface area (Å²) in [5, 5.41) is 0. The molecular weight excluding hydrogens is 268 g/mol. The number of nitrogens with two attached hydrogens (primary N) is 1. The van der Waals surface area contributed by atoms with Crippen molar-refractivity contribution in [2.45, 2.75) is 45.3 Å². The standard InChI is InChI=1S/C15H24N4O2/c1-10-6-13(21-14(10)15(20)17-16)9-19-8-12-4-3-5-18(12)7-11(19)2/h6,11-12H,3-5,7-9,16H2,1-2H3,(H,17,20). The fourth-order valence-electron chi connectivity index (χ4n) is 3.59. The van der Waals surface area contributed by atoms with Crippen LogP contribution in [0, 0.1) is 6.92 Å². The molecule has 3 rings (SSSR count). The zero-order chi connectivity index (χ0) is 15.0. The van der Waals surface area contributed by atoms with Gasteiger partial charge in [-0.2, -0.15) is 0 Å². The third kappa shape index (κ3) is 2.84. The maximum atomic E-state index is 11.6. The van der Waals surface area contributed by atoms with Gasteiger partial charge < -0.3 is 4.42 Å². The van der Waals surface area contributed by atoms with E-state index >= 15 is 0 Å². The van der Waals surface area contributed by atoms with Crippen LogP contribution in [-0.4, -0.2) is 47.4 Å². The van der Waals surface area contributed by atoms with Crippen molar-refractivity contribution in [3.8, 4) is 0 Å². The number of carbonyl (C=O) groups excluding carboxylic acids is 1. The van der Waals surface area contributed by atoms with E-state index in [0.717, 1.165) is 31.0 Å². The summed E-state index contributed by atoms with van der Waals surface area (Å²) in [5.41, 5.74) is 2.96. The molecule has 0 radical (unpaired) electrons. The molecule has 2 saturated heterocycles. The molecule has 3 heterocycles. The molecule has 2 aliphatic rings. The van der Waals surface area contributed by atoms with Gasteiger partial charge in [0.1, 0.15) is 5.76 Å². The molecule has 116 valence electrons. The number of hydrazine groups is 1. The Hall–Kier alpha value is -1.37. The summed E-state index contributed by atoms with van der Waals surface area (Å²) < 4.78 is 5.68. The lowest BCUT2D eigenvalue weighted by molar-refractivity contribution is 0.0490. The Morgan fingerprint density at radius 1 is 1.52 bits per heavy atom. The molecule has 0 spiro atoms. The molecule has 0 bridgehead atoms. The summed E-state index contributed by atoms with van der Waals surface area (Å²) in [6.07, 6.45) is 2.60. The number of nitrogen functional groups attached to an aromatic ring is 1. The highest BCUT2D eigenvalue weighted by Crippen LogP contribution is 2.26. The number of furan rings is 1. The Balaban J connectivity index is 1.70. The highest BCUT2D eigenvalue weighted by molar-refractivity contribution is 5.92. The first-order valence-corrected chi connectivity index (χ1v) is 7.67. The average molecular weight is 292 g/mol. The van der Waals surface area contributed by atoms with Crippen LogP contribution >= 0.6 is 0 Å². The van der Waals surface area contributed by atoms with E-state index in [2.05, 4.69) is 22.1 Å². The molecule has 21 heavy (non-hydrogen) atoms. The van der Waals surface area contributed by atoms with Gasteiger partial charge in [-0.15, -0.1) is 0 Å². The number of nitrogens with one attached hydrogen (secondary N) is 1. The largest absolute Gasteiger partial charge is 0.454 e. The van der Waals surface area contributed by atoms with Crippen molar-refractivity contribution >= 4 is 5.91 Å². The third-order valence-corrected chi connectivity index (χ3v) is 4.73. The Morgan fingerprint density at radius 2 is 2.33 bits per heavy atom. The molecule has 6 heteroatoms. The smallest absolute Gasteiger partial charge is 0.301 e. The minimum absolute atomic E-state index is 0.319. The van der Waals surface area contributed by atoms with Crippen molar-refractivity contribution in [2.24, 2.45) is 5.84 Å². The highest BCUT2D eigenvalue weighted by atomic mass is 16.4. The second-order valence-corrected chi connectivity index (χ2v) is 6.27. The number of piperazine rings is 1. The number of aryl methyl sites for hydroxylation is 1. The van der Waals surface area contributed by atoms with Gasteiger partial charge in [-0.25, -0.2) is 5.84 Å². The van der Waals surface area contributed by atoms with Crippen LogP contribution in [0.15, 0.2) is 10.5 Å². The summed E-state index contributed by atoms with van der Waals surface area (Å²) in [7, 11) is 0. The van der Waals surface area contributed by atoms with Gasteiger partial charge in [-0.05, 0) is 39.3 Å². The third-order valence-electron chi connectivity index (χ3n) is 4.73. The van der Waals surface area contributed by atoms with Crippen molar-refractivity contribution < 1.29 is 9.21 Å². The van der Waals surface area contributed by atoms with Crippen LogP contribution in [0.3, 0.4) is 0 Å². The van der Waals surface area contributed by atoms with Crippen molar-refractivity contribution in [1.82, 2.24) is 15.2 Å². The molecule has 2 fully saturated rings. The van der Waals surface area contributed by atoms with E-state index in [9.17, 15) is 4.79 Å². The van der Waals surface area contributed by atoms with E-state index in [1.54, 1.807) is 0 Å². The number of nitrogens with zero attached hydrogens (tertiary/aromatic N) is 2. The van der Waals surface area contributed by atoms with Gasteiger partial charge in [0.2, 0.25) is 0 Å². The molecule has 3 N–H and O–H groups in total. The minimum Gasteiger partial charge on any atom is -0.454 e. The SMILES string of the molecule is Cc1cc(CN2CC3CCCN3CC2C)oc1C(=O)NN. The van der Waals surface area contributed by atoms with Crippen LogP contribution in [0.2, 0.25) is 0 Å². The summed E-state index contributed by atoms with van der Waals surface area (Å²) in [6.45, 7) is 8.33. The van der Waals surface area contributed by atoms with E-state index in [0.29, 0.717) is 17.8 Å². The first-order chi connectivity index (χ1) is 10.1. The lowest BCUT2D eigenvalue weighted by Crippen LogP contribution is -2.54. The van der Waals surface area contributed by atoms with Crippen LogP contribution in [0.5, 0.6) is 0 Å². The number of carbonyl (C=O) groups is 1. The van der Waals surface area contributed by atoms with Crippen molar-refractivity contribution in [2.75, 3.05) is 19.6 Å². The van der Waals surface area contributed by atoms with E-state index in [1.165, 1.54) is 19.4 Å². The first-order valence-electron chi connectivity index (χ1n) is 7.67. The average Bonchev–Trinajstić information content (AvgIpc) is 3.04. The zero-order valence-corrected chi connectivity index (χ0v) is 12.8. The topological polar surface area (TPSA) is 74.7 Å². The van der Waals surface area contributed by atoms with Crippen LogP contribution in [0.25, 0.3) is 0 Å². The van der Waals surface area contributed by atoms with Crippen LogP contribution < -0.4 is 11.3 Å². The van der Waals surface area contributed by atoms with Gasteiger partial charge in [0.25, 0.3) is 0 Å². The van der Waals surface area contributed by atoms with E-state index in [4.69, 9.17) is 10.3 Å². The molecule has 2 unspecified atom stereocenters. The zero-order valence-electron chi connectivity index (χ0n) is 12.8. The molecule has 1 amide bonds. The molecule has 1 aromatic heterocycles. The Bertz CT molecular complexity index is 528. The molecule has 0 aromatic carbocycles. The highest BCUT2D eigenvalue weighted by Gasteiger charge is 2.34. The van der Waals surface area contributed by atoms with Gasteiger partial charge >= 0.3 is 5.91 Å². The van der Waals surface area contributed by atoms with Gasteiger partial charge in [-0.3, -0.25) is 20.0 Å². The lowest BCUT2D eigenvalue weighted by Gasteiger charge is -2.41. The molecule has 1 aromatic rings. The number of hydrogen-bond donors (Lipinski definition) is 2. The fourth-order valence-corrected chi connectivity index (χ4v) is 3.59. The number of amides is 1. The molecule has 2 aliphatic heterocycles. The summed E-state index contributed by atoms with van der Waals surface area (Å²) in [5.74, 6) is 5.96. The lowest BCUT2D eigenvalue weighted by atomic mass is 10.1. The molecule has 6 nitrogen and oxygen atoms in total. The summed E-state index contributed by atoms with van der Waals surface area (Å²) >= 11 is 0. The number of rotatable bonds is 3. The normalized spacial score (nSPS) is 26.8. The van der Waals surface area contributed by atoms with Gasteiger partial charge in [0.05, 0.1) is 6.54 Å². The Morgan fingerprint density at radius 3 is 3.10 bits per heavy atom. The second kappa shape index (κ2) is 5.79. The molecule has 2 atom stereocenters. The maximum absolute atomic E-state index is 11.6. The van der Waals surface area contributed by atoms with Crippen molar-refractivity contribution in [1.29, 1.82) is 0 Å². The number of fused-ring (bicyclic) bond motifs is 1. The van der Waals surface area contributed by atoms with Crippen molar-refractivity contribution in [3.05, 3.63) is 23.2 Å². The van der Waals surface area contributed by atoms with E-state index in [-0.39, 0.29) is 5.91 Å². The predicted octanol–water partition coefficient (Wildman–Crippen LogP) is 0.860. The second-order valence-electron chi connectivity index (χ2n) is 6.27. The van der Waals surface area contributed by atoms with E-state index in [1.807, 2.05) is 13.0 Å². The number of hydrogen-bond acceptors (Lipinski definition) is 5. The molecule has 0 saturated carbocycles. The van der Waals surface area contributed by atoms with Crippen molar-refractivity contribution in [3.63, 3.8) is 0 Å². The molecule has 0 aliphatic carbocycles. The Labute approximate surface area is 125 Å². The predicted molar refractivity (Wildman–Crippen MR) is 79.6 cm³/mol. The van der Waals surface area contributed by atoms with Gasteiger partial charge in [0.15, 0.2) is 5.76 Å². The first kappa shape index (κ1) is 14.6. The monoisotopic (exact) mass is 292 g/mol.